The van der Waals surface area contributed by atoms with E-state index >= 15 is 0 Å². The number of nitro benzene ring substituents is 1. The van der Waals surface area contributed by atoms with Gasteiger partial charge >= 0.3 is 5.97 Å². The Labute approximate surface area is 180 Å². The Bertz CT molecular complexity index is 1250. The normalized spacial score (nSPS) is 17.9. The number of rotatable bonds is 4. The van der Waals surface area contributed by atoms with Crippen molar-refractivity contribution in [3.05, 3.63) is 74.3 Å². The van der Waals surface area contributed by atoms with Gasteiger partial charge in [-0.2, -0.15) is 5.26 Å². The Morgan fingerprint density at radius 1 is 1.39 bits per heavy atom. The highest BCUT2D eigenvalue weighted by Crippen LogP contribution is 2.46. The van der Waals surface area contributed by atoms with Crippen molar-refractivity contribution >= 4 is 28.6 Å². The number of benzene rings is 1. The van der Waals surface area contributed by atoms with E-state index in [1.165, 1.54) is 18.1 Å². The van der Waals surface area contributed by atoms with E-state index in [0.29, 0.717) is 22.2 Å². The molecule has 2 N–H and O–H groups in total. The SMILES string of the molecule is COC(=O)C1=C(C)N=C2SC(C#N)=C(N)N2[C@@H]1c1ccc(-c2ccccc2[N+](=O)[O-])o1. The molecule has 0 aliphatic carbocycles. The molecule has 0 bridgehead atoms. The highest BCUT2D eigenvalue weighted by molar-refractivity contribution is 8.17. The molecule has 10 nitrogen and oxygen atoms in total. The Morgan fingerprint density at radius 3 is 2.81 bits per heavy atom. The second kappa shape index (κ2) is 7.66. The summed E-state index contributed by atoms with van der Waals surface area (Å²) in [5.74, 6) is 0.0529. The number of fused-ring (bicyclic) bond motifs is 1. The van der Waals surface area contributed by atoms with Crippen LogP contribution in [-0.4, -0.2) is 28.1 Å². The molecular weight excluding hydrogens is 422 g/mol. The number of aliphatic imine (C=N–C) groups is 1. The number of methoxy groups -OCH3 is 1. The molecule has 2 aromatic rings. The van der Waals surface area contributed by atoms with Crippen molar-refractivity contribution in [3.63, 3.8) is 0 Å². The average Bonchev–Trinajstić information content (AvgIpc) is 3.37. The standard InChI is InChI=1S/C20H15N5O5S/c1-10-16(19(26)29-2)17(24-18(22)15(9-21)31-20(24)23-10)14-8-7-13(30-14)11-5-3-4-6-12(11)25(27)28/h3-8,17H,22H2,1-2H3/t17-/m1/s1. The summed E-state index contributed by atoms with van der Waals surface area (Å²) in [6, 6.07) is 10.5. The van der Waals surface area contributed by atoms with Crippen molar-refractivity contribution in [1.29, 1.82) is 5.26 Å². The molecule has 11 heteroatoms. The number of nitro groups is 1. The van der Waals surface area contributed by atoms with Crippen molar-refractivity contribution in [2.45, 2.75) is 13.0 Å². The van der Waals surface area contributed by atoms with Crippen LogP contribution in [0.4, 0.5) is 5.69 Å². The summed E-state index contributed by atoms with van der Waals surface area (Å²) in [6.07, 6.45) is 0. The van der Waals surface area contributed by atoms with E-state index in [4.69, 9.17) is 14.9 Å². The minimum Gasteiger partial charge on any atom is -0.466 e. The van der Waals surface area contributed by atoms with Gasteiger partial charge in [0, 0.05) is 6.07 Å². The van der Waals surface area contributed by atoms with Gasteiger partial charge in [-0.1, -0.05) is 12.1 Å². The minimum absolute atomic E-state index is 0.114. The number of nitrogens with two attached hydrogens (primary N) is 1. The fourth-order valence-corrected chi connectivity index (χ4v) is 4.38. The molecule has 1 aromatic carbocycles. The lowest BCUT2D eigenvalue weighted by atomic mass is 10.00. The van der Waals surface area contributed by atoms with Crippen LogP contribution in [0.25, 0.3) is 11.3 Å². The van der Waals surface area contributed by atoms with E-state index in [1.807, 2.05) is 6.07 Å². The number of thioether (sulfide) groups is 1. The second-order valence-corrected chi connectivity index (χ2v) is 7.54. The molecule has 3 heterocycles. The third-order valence-corrected chi connectivity index (χ3v) is 5.82. The van der Waals surface area contributed by atoms with Crippen LogP contribution in [-0.2, 0) is 9.53 Å². The summed E-state index contributed by atoms with van der Waals surface area (Å²) < 4.78 is 10.9. The van der Waals surface area contributed by atoms with Crippen molar-refractivity contribution < 1.29 is 18.9 Å². The summed E-state index contributed by atoms with van der Waals surface area (Å²) in [6.45, 7) is 1.65. The number of hydrogen-bond donors (Lipinski definition) is 1. The molecule has 0 radical (unpaired) electrons. The Hall–Kier alpha value is -4.04. The van der Waals surface area contributed by atoms with Gasteiger partial charge in [-0.3, -0.25) is 15.0 Å². The molecule has 1 aromatic heterocycles. The number of nitrogens with zero attached hydrogens (tertiary/aromatic N) is 4. The van der Waals surface area contributed by atoms with Crippen molar-refractivity contribution in [2.75, 3.05) is 7.11 Å². The molecule has 0 fully saturated rings. The van der Waals surface area contributed by atoms with E-state index in [1.54, 1.807) is 37.3 Å². The van der Waals surface area contributed by atoms with Crippen molar-refractivity contribution in [3.8, 4) is 17.4 Å². The molecular formula is C20H15N5O5S. The monoisotopic (exact) mass is 437 g/mol. The molecule has 0 spiro atoms. The third kappa shape index (κ3) is 3.23. The number of hydrogen-bond acceptors (Lipinski definition) is 10. The quantitative estimate of drug-likeness (QED) is 0.431. The van der Waals surface area contributed by atoms with Crippen LogP contribution in [0.5, 0.6) is 0 Å². The predicted molar refractivity (Wildman–Crippen MR) is 112 cm³/mol. The molecule has 2 aliphatic heterocycles. The molecule has 0 saturated carbocycles. The van der Waals surface area contributed by atoms with Crippen LogP contribution >= 0.6 is 11.8 Å². The van der Waals surface area contributed by atoms with Crippen LogP contribution in [0.2, 0.25) is 0 Å². The molecule has 156 valence electrons. The van der Waals surface area contributed by atoms with Gasteiger partial charge in [-0.25, -0.2) is 9.79 Å². The third-order valence-electron chi connectivity index (χ3n) is 4.85. The minimum atomic E-state index is -0.852. The van der Waals surface area contributed by atoms with E-state index in [9.17, 15) is 20.2 Å². The van der Waals surface area contributed by atoms with Crippen LogP contribution in [0.3, 0.4) is 0 Å². The number of nitriles is 1. The first-order valence-corrected chi connectivity index (χ1v) is 9.77. The Morgan fingerprint density at radius 2 is 2.13 bits per heavy atom. The van der Waals surface area contributed by atoms with Crippen LogP contribution in [0, 0.1) is 21.4 Å². The molecule has 0 saturated heterocycles. The zero-order valence-electron chi connectivity index (χ0n) is 16.4. The maximum atomic E-state index is 12.6. The summed E-state index contributed by atoms with van der Waals surface area (Å²) in [5.41, 5.74) is 6.94. The van der Waals surface area contributed by atoms with Gasteiger partial charge in [-0.05, 0) is 36.9 Å². The highest BCUT2D eigenvalue weighted by Gasteiger charge is 2.44. The Kier molecular flexibility index (Phi) is 5.00. The fraction of sp³-hybridized carbons (Fsp3) is 0.150. The number of furan rings is 1. The van der Waals surface area contributed by atoms with E-state index < -0.39 is 16.9 Å². The van der Waals surface area contributed by atoms with Crippen molar-refractivity contribution in [1.82, 2.24) is 4.90 Å². The zero-order chi connectivity index (χ0) is 22.3. The lowest BCUT2D eigenvalue weighted by Crippen LogP contribution is -2.38. The lowest BCUT2D eigenvalue weighted by Gasteiger charge is -2.33. The van der Waals surface area contributed by atoms with Crippen molar-refractivity contribution in [2.24, 2.45) is 10.7 Å². The fourth-order valence-electron chi connectivity index (χ4n) is 3.47. The summed E-state index contributed by atoms with van der Waals surface area (Å²) in [5, 5.41) is 21.2. The first kappa shape index (κ1) is 20.2. The van der Waals surface area contributed by atoms with Gasteiger partial charge in [0.15, 0.2) is 5.17 Å². The van der Waals surface area contributed by atoms with Crippen LogP contribution in [0.15, 0.2) is 67.8 Å². The largest absolute Gasteiger partial charge is 0.466 e. The van der Waals surface area contributed by atoms with Crippen LogP contribution < -0.4 is 5.73 Å². The number of allylic oxidation sites excluding steroid dienone is 2. The smallest absolute Gasteiger partial charge is 0.338 e. The molecule has 0 amide bonds. The topological polar surface area (TPSA) is 148 Å². The summed E-state index contributed by atoms with van der Waals surface area (Å²) in [4.78, 5) is 29.7. The molecule has 31 heavy (non-hydrogen) atoms. The lowest BCUT2D eigenvalue weighted by molar-refractivity contribution is -0.384. The highest BCUT2D eigenvalue weighted by atomic mass is 32.2. The van der Waals surface area contributed by atoms with Gasteiger partial charge < -0.3 is 14.9 Å². The molecule has 4 rings (SSSR count). The number of esters is 1. The van der Waals surface area contributed by atoms with Crippen LogP contribution in [0.1, 0.15) is 18.7 Å². The van der Waals surface area contributed by atoms with E-state index in [2.05, 4.69) is 4.99 Å². The van der Waals surface area contributed by atoms with Gasteiger partial charge in [0.25, 0.3) is 5.69 Å². The van der Waals surface area contributed by atoms with Gasteiger partial charge in [0.05, 0.1) is 28.9 Å². The van der Waals surface area contributed by atoms with Gasteiger partial charge in [-0.15, -0.1) is 0 Å². The number of para-hydroxylation sites is 1. The molecule has 2 aliphatic rings. The second-order valence-electron chi connectivity index (χ2n) is 6.56. The van der Waals surface area contributed by atoms with E-state index in [-0.39, 0.29) is 27.7 Å². The predicted octanol–water partition coefficient (Wildman–Crippen LogP) is 3.41. The van der Waals surface area contributed by atoms with Gasteiger partial charge in [0.1, 0.15) is 34.4 Å². The number of amidine groups is 1. The number of carbonyl (C=O) groups excluding carboxylic acids is 1. The zero-order valence-corrected chi connectivity index (χ0v) is 17.2. The Balaban J connectivity index is 1.87. The summed E-state index contributed by atoms with van der Waals surface area (Å²) in [7, 11) is 1.25. The first-order valence-electron chi connectivity index (χ1n) is 8.95. The maximum absolute atomic E-state index is 12.6. The number of ether oxygens (including phenoxy) is 1. The average molecular weight is 437 g/mol. The number of carbonyl (C=O) groups is 1. The molecule has 0 unspecified atom stereocenters. The van der Waals surface area contributed by atoms with E-state index in [0.717, 1.165) is 11.8 Å². The maximum Gasteiger partial charge on any atom is 0.338 e. The van der Waals surface area contributed by atoms with Gasteiger partial charge in [0.2, 0.25) is 0 Å². The molecule has 1 atom stereocenters. The first-order chi connectivity index (χ1) is 14.9. The summed E-state index contributed by atoms with van der Waals surface area (Å²) >= 11 is 1.09.